The van der Waals surface area contributed by atoms with E-state index in [2.05, 4.69) is 26.1 Å². The number of methoxy groups -OCH3 is 1. The molecule has 0 saturated carbocycles. The molecule has 144 valence electrons. The molecule has 0 radical (unpaired) electrons. The Morgan fingerprint density at radius 1 is 1.19 bits per heavy atom. The number of ether oxygens (including phenoxy) is 1. The highest BCUT2D eigenvalue weighted by Gasteiger charge is 2.20. The Balaban J connectivity index is 2.12. The number of anilines is 1. The van der Waals surface area contributed by atoms with E-state index in [0.717, 1.165) is 10.5 Å². The molecule has 2 aromatic carbocycles. The first kappa shape index (κ1) is 20.8. The number of nitrogens with one attached hydrogen (secondary N) is 1. The molecule has 0 aliphatic rings. The third-order valence-electron chi connectivity index (χ3n) is 4.05. The minimum Gasteiger partial charge on any atom is -0.495 e. The maximum atomic E-state index is 12.6. The third-order valence-corrected chi connectivity index (χ3v) is 5.16. The second kappa shape index (κ2) is 8.43. The minimum absolute atomic E-state index is 0.0280. The van der Waals surface area contributed by atoms with Gasteiger partial charge in [-0.25, -0.2) is 0 Å². The molecule has 0 bridgehead atoms. The van der Waals surface area contributed by atoms with E-state index in [-0.39, 0.29) is 22.3 Å². The van der Waals surface area contributed by atoms with Crippen LogP contribution in [0.4, 0.5) is 11.4 Å². The van der Waals surface area contributed by atoms with E-state index in [4.69, 9.17) is 4.74 Å². The minimum atomic E-state index is -0.445. The van der Waals surface area contributed by atoms with Gasteiger partial charge < -0.3 is 10.1 Å². The Morgan fingerprint density at radius 3 is 2.33 bits per heavy atom. The molecule has 0 saturated heterocycles. The normalized spacial score (nSPS) is 12.3. The highest BCUT2D eigenvalue weighted by molar-refractivity contribution is 8.00. The lowest BCUT2D eigenvalue weighted by Gasteiger charge is -2.22. The Morgan fingerprint density at radius 2 is 1.81 bits per heavy atom. The van der Waals surface area contributed by atoms with E-state index < -0.39 is 4.92 Å². The molecular weight excluding hydrogens is 364 g/mol. The molecule has 0 fully saturated rings. The van der Waals surface area contributed by atoms with Crippen molar-refractivity contribution >= 4 is 29.0 Å². The highest BCUT2D eigenvalue weighted by atomic mass is 32.2. The molecule has 27 heavy (non-hydrogen) atoms. The summed E-state index contributed by atoms with van der Waals surface area (Å²) in [6.45, 7) is 8.11. The Kier molecular flexibility index (Phi) is 6.49. The fourth-order valence-electron chi connectivity index (χ4n) is 2.41. The summed E-state index contributed by atoms with van der Waals surface area (Å²) in [6, 6.07) is 11.9. The first-order valence-electron chi connectivity index (χ1n) is 8.52. The summed E-state index contributed by atoms with van der Waals surface area (Å²) in [5.41, 5.74) is 1.70. The molecule has 2 rings (SSSR count). The van der Waals surface area contributed by atoms with Gasteiger partial charge in [0.2, 0.25) is 5.91 Å². The maximum absolute atomic E-state index is 12.6. The fourth-order valence-corrected chi connectivity index (χ4v) is 3.28. The number of hydrogen-bond donors (Lipinski definition) is 1. The number of nitrogens with zero attached hydrogens (tertiary/aromatic N) is 1. The predicted octanol–water partition coefficient (Wildman–Crippen LogP) is 5.02. The number of amides is 1. The van der Waals surface area contributed by atoms with E-state index in [9.17, 15) is 14.9 Å². The topological polar surface area (TPSA) is 81.5 Å². The van der Waals surface area contributed by atoms with Gasteiger partial charge in [-0.1, -0.05) is 26.8 Å². The lowest BCUT2D eigenvalue weighted by atomic mass is 9.87. The Hall–Kier alpha value is -2.54. The smallest absolute Gasteiger partial charge is 0.269 e. The lowest BCUT2D eigenvalue weighted by molar-refractivity contribution is -0.384. The van der Waals surface area contributed by atoms with Crippen LogP contribution in [0.5, 0.6) is 5.75 Å². The summed E-state index contributed by atoms with van der Waals surface area (Å²) in [4.78, 5) is 23.7. The molecule has 7 heteroatoms. The number of non-ortho nitro benzene ring substituents is 1. The van der Waals surface area contributed by atoms with Gasteiger partial charge in [0.1, 0.15) is 5.75 Å². The number of carbonyl (C=O) groups excluding carboxylic acids is 1. The molecule has 1 amide bonds. The molecule has 0 aliphatic heterocycles. The van der Waals surface area contributed by atoms with Crippen LogP contribution in [-0.2, 0) is 10.2 Å². The van der Waals surface area contributed by atoms with Crippen LogP contribution in [0.15, 0.2) is 47.4 Å². The quantitative estimate of drug-likeness (QED) is 0.427. The van der Waals surface area contributed by atoms with Crippen LogP contribution in [0, 0.1) is 10.1 Å². The molecule has 1 N–H and O–H groups in total. The summed E-state index contributed by atoms with van der Waals surface area (Å²) in [6.07, 6.45) is 0. The van der Waals surface area contributed by atoms with Crippen LogP contribution in [0.2, 0.25) is 0 Å². The van der Waals surface area contributed by atoms with Gasteiger partial charge in [-0.15, -0.1) is 11.8 Å². The summed E-state index contributed by atoms with van der Waals surface area (Å²) in [5.74, 6) is 0.437. The SMILES string of the molecule is COc1ccc(C(C)(C)C)cc1NC(=O)[C@@H](C)Sc1ccc([N+](=O)[O-])cc1. The number of hydrogen-bond acceptors (Lipinski definition) is 5. The average molecular weight is 388 g/mol. The number of rotatable bonds is 6. The maximum Gasteiger partial charge on any atom is 0.269 e. The van der Waals surface area contributed by atoms with Crippen molar-refractivity contribution in [3.05, 3.63) is 58.1 Å². The zero-order valence-electron chi connectivity index (χ0n) is 16.1. The Bertz CT molecular complexity index is 829. The van der Waals surface area contributed by atoms with Crippen molar-refractivity contribution in [2.24, 2.45) is 0 Å². The van der Waals surface area contributed by atoms with Gasteiger partial charge in [-0.2, -0.15) is 0 Å². The highest BCUT2D eigenvalue weighted by Crippen LogP contribution is 2.32. The van der Waals surface area contributed by atoms with E-state index in [1.807, 2.05) is 18.2 Å². The largest absolute Gasteiger partial charge is 0.495 e. The van der Waals surface area contributed by atoms with Crippen molar-refractivity contribution in [3.8, 4) is 5.75 Å². The second-order valence-electron chi connectivity index (χ2n) is 7.17. The van der Waals surface area contributed by atoms with Gasteiger partial charge in [-0.3, -0.25) is 14.9 Å². The van der Waals surface area contributed by atoms with Crippen molar-refractivity contribution in [2.45, 2.75) is 43.3 Å². The van der Waals surface area contributed by atoms with Gasteiger partial charge in [0.25, 0.3) is 5.69 Å². The zero-order chi connectivity index (χ0) is 20.2. The van der Waals surface area contributed by atoms with Gasteiger partial charge in [-0.05, 0) is 42.2 Å². The molecule has 0 heterocycles. The monoisotopic (exact) mass is 388 g/mol. The number of nitro groups is 1. The number of nitro benzene ring substituents is 1. The van der Waals surface area contributed by atoms with Crippen LogP contribution >= 0.6 is 11.8 Å². The van der Waals surface area contributed by atoms with Crippen molar-refractivity contribution < 1.29 is 14.5 Å². The van der Waals surface area contributed by atoms with Crippen molar-refractivity contribution in [2.75, 3.05) is 12.4 Å². The summed E-state index contributed by atoms with van der Waals surface area (Å²) in [7, 11) is 1.57. The number of benzene rings is 2. The third kappa shape index (κ3) is 5.47. The molecule has 0 unspecified atom stereocenters. The molecule has 0 aliphatic carbocycles. The van der Waals surface area contributed by atoms with Crippen molar-refractivity contribution in [1.82, 2.24) is 0 Å². The van der Waals surface area contributed by atoms with Gasteiger partial charge in [0.05, 0.1) is 23.0 Å². The van der Waals surface area contributed by atoms with Gasteiger partial charge in [0.15, 0.2) is 0 Å². The summed E-state index contributed by atoms with van der Waals surface area (Å²) in [5, 5.41) is 13.3. The van der Waals surface area contributed by atoms with Gasteiger partial charge >= 0.3 is 0 Å². The van der Waals surface area contributed by atoms with Crippen molar-refractivity contribution in [1.29, 1.82) is 0 Å². The van der Waals surface area contributed by atoms with Crippen LogP contribution in [-0.4, -0.2) is 23.2 Å². The summed E-state index contributed by atoms with van der Waals surface area (Å²) < 4.78 is 5.36. The van der Waals surface area contributed by atoms with E-state index >= 15 is 0 Å². The standard InChI is InChI=1S/C20H24N2O4S/c1-13(27-16-9-7-15(8-10-16)22(24)25)19(23)21-17-12-14(20(2,3)4)6-11-18(17)26-5/h6-13H,1-5H3,(H,21,23)/t13-/m1/s1. The van der Waals surface area contributed by atoms with E-state index in [1.165, 1.54) is 23.9 Å². The van der Waals surface area contributed by atoms with E-state index in [1.54, 1.807) is 26.2 Å². The predicted molar refractivity (Wildman–Crippen MR) is 109 cm³/mol. The summed E-state index contributed by atoms with van der Waals surface area (Å²) >= 11 is 1.34. The molecule has 1 atom stereocenters. The first-order valence-corrected chi connectivity index (χ1v) is 9.40. The molecule has 0 aromatic heterocycles. The Labute approximate surface area is 163 Å². The van der Waals surface area contributed by atoms with Gasteiger partial charge in [0, 0.05) is 17.0 Å². The van der Waals surface area contributed by atoms with Crippen LogP contribution in [0.3, 0.4) is 0 Å². The fraction of sp³-hybridized carbons (Fsp3) is 0.350. The van der Waals surface area contributed by atoms with Crippen molar-refractivity contribution in [3.63, 3.8) is 0 Å². The first-order chi connectivity index (χ1) is 12.6. The zero-order valence-corrected chi connectivity index (χ0v) is 16.9. The average Bonchev–Trinajstić information content (AvgIpc) is 2.61. The van der Waals surface area contributed by atoms with Crippen LogP contribution < -0.4 is 10.1 Å². The number of carbonyl (C=O) groups is 1. The molecule has 0 spiro atoms. The van der Waals surface area contributed by atoms with Crippen LogP contribution in [0.1, 0.15) is 33.3 Å². The van der Waals surface area contributed by atoms with Crippen LogP contribution in [0.25, 0.3) is 0 Å². The molecular formula is C20H24N2O4S. The molecule has 6 nitrogen and oxygen atoms in total. The van der Waals surface area contributed by atoms with E-state index in [0.29, 0.717) is 11.4 Å². The molecule has 2 aromatic rings. The second-order valence-corrected chi connectivity index (χ2v) is 8.58. The lowest BCUT2D eigenvalue weighted by Crippen LogP contribution is -2.23. The number of thioether (sulfide) groups is 1.